The number of alkyl halides is 4. The lowest BCUT2D eigenvalue weighted by Gasteiger charge is -2.19. The molecule has 0 nitrogen and oxygen atoms in total. The van der Waals surface area contributed by atoms with Gasteiger partial charge in [-0.3, -0.25) is 0 Å². The van der Waals surface area contributed by atoms with Crippen LogP contribution in [-0.2, 0) is 0 Å². The van der Waals surface area contributed by atoms with E-state index >= 15 is 0 Å². The third-order valence-electron chi connectivity index (χ3n) is 1.99. The molecule has 0 bridgehead atoms. The van der Waals surface area contributed by atoms with Crippen molar-refractivity contribution in [1.82, 2.24) is 0 Å². The van der Waals surface area contributed by atoms with E-state index in [1.165, 1.54) is 12.1 Å². The molecule has 0 aromatic heterocycles. The summed E-state index contributed by atoms with van der Waals surface area (Å²) in [5, 5.41) is 0.353. The summed E-state index contributed by atoms with van der Waals surface area (Å²) in [5.74, 6) is -1.36. The van der Waals surface area contributed by atoms with Crippen LogP contribution >= 0.6 is 15.9 Å². The van der Waals surface area contributed by atoms with Gasteiger partial charge in [-0.25, -0.2) is 0 Å². The first-order valence-corrected chi connectivity index (χ1v) is 5.35. The zero-order chi connectivity index (χ0) is 10.6. The molecule has 1 rings (SSSR count). The minimum Gasteiger partial charge on any atom is -0.170 e. The van der Waals surface area contributed by atoms with Crippen LogP contribution in [0.1, 0.15) is 17.9 Å². The Hall–Kier alpha value is -0.510. The number of rotatable bonds is 3. The quantitative estimate of drug-likeness (QED) is 0.723. The van der Waals surface area contributed by atoms with E-state index in [4.69, 9.17) is 0 Å². The van der Waals surface area contributed by atoms with Crippen molar-refractivity contribution in [2.75, 3.05) is 5.33 Å². The average Bonchev–Trinajstić information content (AvgIpc) is 2.14. The van der Waals surface area contributed by atoms with E-state index in [1.807, 2.05) is 0 Å². The maximum Gasteiger partial charge on any atom is 0.395 e. The zero-order valence-corrected chi connectivity index (χ0v) is 8.98. The first kappa shape index (κ1) is 11.6. The minimum absolute atomic E-state index is 0.0769. The van der Waals surface area contributed by atoms with Gasteiger partial charge in [0.05, 0.1) is 5.92 Å². The summed E-state index contributed by atoms with van der Waals surface area (Å²) in [6.45, 7) is 0. The number of hydrogen-bond donors (Lipinski definition) is 0. The van der Waals surface area contributed by atoms with Crippen LogP contribution in [0.15, 0.2) is 30.3 Å². The summed E-state index contributed by atoms with van der Waals surface area (Å²) in [7, 11) is 0. The standard InChI is InChI=1S/C10H10BrF3/c11-7-6-9(10(12,13)14)8-4-2-1-3-5-8/h1-5,9H,6-7H2. The summed E-state index contributed by atoms with van der Waals surface area (Å²) < 4.78 is 37.7. The van der Waals surface area contributed by atoms with E-state index in [9.17, 15) is 13.2 Å². The molecule has 0 aliphatic heterocycles. The lowest BCUT2D eigenvalue weighted by Crippen LogP contribution is -2.21. The third kappa shape index (κ3) is 3.01. The highest BCUT2D eigenvalue weighted by molar-refractivity contribution is 9.09. The molecule has 1 atom stereocenters. The van der Waals surface area contributed by atoms with Gasteiger partial charge in [0.25, 0.3) is 0 Å². The number of benzene rings is 1. The van der Waals surface area contributed by atoms with E-state index in [0.29, 0.717) is 10.9 Å². The Morgan fingerprint density at radius 3 is 2.14 bits per heavy atom. The van der Waals surface area contributed by atoms with Crippen LogP contribution in [0.2, 0.25) is 0 Å². The Kier molecular flexibility index (Phi) is 3.98. The van der Waals surface area contributed by atoms with Gasteiger partial charge in [-0.05, 0) is 12.0 Å². The van der Waals surface area contributed by atoms with Crippen molar-refractivity contribution in [3.63, 3.8) is 0 Å². The lowest BCUT2D eigenvalue weighted by molar-refractivity contribution is -0.150. The molecule has 0 saturated carbocycles. The Balaban J connectivity index is 2.89. The van der Waals surface area contributed by atoms with E-state index in [0.717, 1.165) is 0 Å². The summed E-state index contributed by atoms with van der Waals surface area (Å²) in [5.41, 5.74) is 0.333. The minimum atomic E-state index is -4.16. The molecule has 1 aromatic rings. The molecule has 0 amide bonds. The molecule has 0 radical (unpaired) electrons. The molecule has 14 heavy (non-hydrogen) atoms. The molecule has 0 aliphatic rings. The average molecular weight is 267 g/mol. The summed E-state index contributed by atoms with van der Waals surface area (Å²) in [4.78, 5) is 0. The van der Waals surface area contributed by atoms with Gasteiger partial charge in [0.2, 0.25) is 0 Å². The molecule has 4 heteroatoms. The second-order valence-corrected chi connectivity index (χ2v) is 3.78. The maximum absolute atomic E-state index is 12.6. The van der Waals surface area contributed by atoms with Crippen LogP contribution in [-0.4, -0.2) is 11.5 Å². The topological polar surface area (TPSA) is 0 Å². The molecule has 78 valence electrons. The maximum atomic E-state index is 12.6. The van der Waals surface area contributed by atoms with Crippen LogP contribution in [0.3, 0.4) is 0 Å². The smallest absolute Gasteiger partial charge is 0.170 e. The van der Waals surface area contributed by atoms with E-state index in [1.54, 1.807) is 18.2 Å². The molecule has 0 saturated heterocycles. The predicted molar refractivity (Wildman–Crippen MR) is 53.6 cm³/mol. The fraction of sp³-hybridized carbons (Fsp3) is 0.400. The van der Waals surface area contributed by atoms with Crippen molar-refractivity contribution < 1.29 is 13.2 Å². The van der Waals surface area contributed by atoms with Gasteiger partial charge in [-0.1, -0.05) is 46.3 Å². The second-order valence-electron chi connectivity index (χ2n) is 2.98. The van der Waals surface area contributed by atoms with Crippen molar-refractivity contribution in [2.24, 2.45) is 0 Å². The molecule has 0 fully saturated rings. The molecule has 0 spiro atoms. The van der Waals surface area contributed by atoms with Gasteiger partial charge >= 0.3 is 6.18 Å². The third-order valence-corrected chi connectivity index (χ3v) is 2.45. The first-order chi connectivity index (χ1) is 6.55. The molecular weight excluding hydrogens is 257 g/mol. The van der Waals surface area contributed by atoms with Gasteiger partial charge in [-0.15, -0.1) is 0 Å². The Morgan fingerprint density at radius 2 is 1.71 bits per heavy atom. The highest BCUT2D eigenvalue weighted by Crippen LogP contribution is 2.37. The van der Waals surface area contributed by atoms with Gasteiger partial charge in [0.1, 0.15) is 0 Å². The fourth-order valence-corrected chi connectivity index (χ4v) is 1.77. The lowest BCUT2D eigenvalue weighted by atomic mass is 9.96. The van der Waals surface area contributed by atoms with Crippen LogP contribution in [0, 0.1) is 0 Å². The van der Waals surface area contributed by atoms with Crippen molar-refractivity contribution >= 4 is 15.9 Å². The van der Waals surface area contributed by atoms with Gasteiger partial charge < -0.3 is 0 Å². The molecular formula is C10H10BrF3. The monoisotopic (exact) mass is 266 g/mol. The zero-order valence-electron chi connectivity index (χ0n) is 7.39. The van der Waals surface area contributed by atoms with Gasteiger partial charge in [0.15, 0.2) is 0 Å². The van der Waals surface area contributed by atoms with Gasteiger partial charge in [0, 0.05) is 5.33 Å². The molecule has 0 heterocycles. The van der Waals surface area contributed by atoms with E-state index < -0.39 is 12.1 Å². The predicted octanol–water partition coefficient (Wildman–Crippen LogP) is 4.12. The fourth-order valence-electron chi connectivity index (χ4n) is 1.31. The highest BCUT2D eigenvalue weighted by atomic mass is 79.9. The van der Waals surface area contributed by atoms with Crippen LogP contribution < -0.4 is 0 Å². The van der Waals surface area contributed by atoms with Crippen molar-refractivity contribution in [3.05, 3.63) is 35.9 Å². The Morgan fingerprint density at radius 1 is 1.14 bits per heavy atom. The summed E-state index contributed by atoms with van der Waals surface area (Å²) in [6.07, 6.45) is -4.08. The van der Waals surface area contributed by atoms with Crippen LogP contribution in [0.5, 0.6) is 0 Å². The largest absolute Gasteiger partial charge is 0.395 e. The number of hydrogen-bond acceptors (Lipinski definition) is 0. The van der Waals surface area contributed by atoms with Crippen molar-refractivity contribution in [2.45, 2.75) is 18.5 Å². The van der Waals surface area contributed by atoms with Gasteiger partial charge in [-0.2, -0.15) is 13.2 Å². The molecule has 1 unspecified atom stereocenters. The molecule has 0 N–H and O–H groups in total. The molecule has 0 aliphatic carbocycles. The van der Waals surface area contributed by atoms with Crippen molar-refractivity contribution in [3.8, 4) is 0 Å². The highest BCUT2D eigenvalue weighted by Gasteiger charge is 2.39. The van der Waals surface area contributed by atoms with E-state index in [2.05, 4.69) is 15.9 Å². The summed E-state index contributed by atoms with van der Waals surface area (Å²) in [6, 6.07) is 8.00. The van der Waals surface area contributed by atoms with Crippen molar-refractivity contribution in [1.29, 1.82) is 0 Å². The first-order valence-electron chi connectivity index (χ1n) is 4.23. The normalized spacial score (nSPS) is 14.0. The van der Waals surface area contributed by atoms with Crippen LogP contribution in [0.25, 0.3) is 0 Å². The Labute approximate surface area is 89.3 Å². The van der Waals surface area contributed by atoms with Crippen LogP contribution in [0.4, 0.5) is 13.2 Å². The number of halogens is 4. The SMILES string of the molecule is FC(F)(F)C(CCBr)c1ccccc1. The Bertz CT molecular complexity index is 268. The summed E-state index contributed by atoms with van der Waals surface area (Å²) >= 11 is 3.04. The second kappa shape index (κ2) is 4.82. The molecule has 1 aromatic carbocycles. The van der Waals surface area contributed by atoms with E-state index in [-0.39, 0.29) is 6.42 Å².